The van der Waals surface area contributed by atoms with Crippen molar-refractivity contribution in [3.8, 4) is 5.75 Å². The number of rotatable bonds is 4. The number of nitrogens with two attached hydrogens (primary N) is 1. The first-order valence-electron chi connectivity index (χ1n) is 7.05. The van der Waals surface area contributed by atoms with Gasteiger partial charge < -0.3 is 10.1 Å². The van der Waals surface area contributed by atoms with Gasteiger partial charge in [0.25, 0.3) is 5.91 Å². The Balaban J connectivity index is 2.10. The number of benzene rings is 2. The van der Waals surface area contributed by atoms with Gasteiger partial charge in [-0.1, -0.05) is 12.1 Å². The molecule has 11 heteroatoms. The number of anilines is 1. The summed E-state index contributed by atoms with van der Waals surface area (Å²) in [6, 6.07) is 9.41. The summed E-state index contributed by atoms with van der Waals surface area (Å²) in [5, 5.41) is 7.54. The SMILES string of the molecule is COc1ccc(S(N)(=O)=O)cc1C(=O)NNC(=S)Nc1ccccc1F. The fourth-order valence-corrected chi connectivity index (χ4v) is 2.64. The minimum atomic E-state index is -4.00. The van der Waals surface area contributed by atoms with Crippen molar-refractivity contribution in [2.45, 2.75) is 4.90 Å². The first-order valence-corrected chi connectivity index (χ1v) is 9.00. The number of primary sulfonamides is 1. The second-order valence-corrected chi connectivity index (χ2v) is 6.89. The summed E-state index contributed by atoms with van der Waals surface area (Å²) in [5.41, 5.74) is 4.68. The number of para-hydroxylation sites is 1. The number of hydrogen-bond donors (Lipinski definition) is 4. The third-order valence-corrected chi connectivity index (χ3v) is 4.27. The summed E-state index contributed by atoms with van der Waals surface area (Å²) >= 11 is 4.96. The molecule has 0 atom stereocenters. The number of methoxy groups -OCH3 is 1. The van der Waals surface area contributed by atoms with Crippen LogP contribution in [0, 0.1) is 5.82 Å². The van der Waals surface area contributed by atoms with Gasteiger partial charge >= 0.3 is 0 Å². The summed E-state index contributed by atoms with van der Waals surface area (Å²) in [4.78, 5) is 12.0. The molecule has 0 saturated carbocycles. The molecule has 0 bridgehead atoms. The number of ether oxygens (including phenoxy) is 1. The summed E-state index contributed by atoms with van der Waals surface area (Å²) in [5.74, 6) is -1.12. The predicted molar refractivity (Wildman–Crippen MR) is 97.6 cm³/mol. The van der Waals surface area contributed by atoms with E-state index in [-0.39, 0.29) is 27.0 Å². The van der Waals surface area contributed by atoms with E-state index in [2.05, 4.69) is 16.2 Å². The maximum atomic E-state index is 13.5. The van der Waals surface area contributed by atoms with Gasteiger partial charge in [-0.25, -0.2) is 17.9 Å². The van der Waals surface area contributed by atoms with E-state index in [4.69, 9.17) is 22.1 Å². The molecule has 0 spiro atoms. The molecule has 0 saturated heterocycles. The van der Waals surface area contributed by atoms with Crippen molar-refractivity contribution >= 4 is 38.9 Å². The molecule has 2 rings (SSSR count). The van der Waals surface area contributed by atoms with Crippen LogP contribution < -0.4 is 26.0 Å². The van der Waals surface area contributed by atoms with Crippen LogP contribution in [0.1, 0.15) is 10.4 Å². The standard InChI is InChI=1S/C15H15FN4O4S2/c1-24-13-7-6-9(26(17,22)23)8-10(13)14(21)19-20-15(25)18-12-5-3-2-4-11(12)16/h2-8H,1H3,(H,19,21)(H2,17,22,23)(H2,18,20,25). The van der Waals surface area contributed by atoms with E-state index in [9.17, 15) is 17.6 Å². The van der Waals surface area contributed by atoms with Gasteiger partial charge in [0.15, 0.2) is 5.11 Å². The topological polar surface area (TPSA) is 123 Å². The molecular formula is C15H15FN4O4S2. The van der Waals surface area contributed by atoms with Gasteiger partial charge in [0.1, 0.15) is 11.6 Å². The number of thiocarbonyl (C=S) groups is 1. The number of nitrogens with one attached hydrogen (secondary N) is 3. The fourth-order valence-electron chi connectivity index (χ4n) is 1.94. The van der Waals surface area contributed by atoms with Crippen molar-refractivity contribution in [2.24, 2.45) is 5.14 Å². The average Bonchev–Trinajstić information content (AvgIpc) is 2.60. The third kappa shape index (κ3) is 4.88. The second kappa shape index (κ2) is 8.08. The van der Waals surface area contributed by atoms with E-state index in [0.717, 1.165) is 6.07 Å². The highest BCUT2D eigenvalue weighted by molar-refractivity contribution is 7.89. The minimum Gasteiger partial charge on any atom is -0.496 e. The molecular weight excluding hydrogens is 383 g/mol. The van der Waals surface area contributed by atoms with Gasteiger partial charge in [0, 0.05) is 0 Å². The highest BCUT2D eigenvalue weighted by Crippen LogP contribution is 2.21. The van der Waals surface area contributed by atoms with Crippen LogP contribution in [0.15, 0.2) is 47.4 Å². The molecule has 5 N–H and O–H groups in total. The summed E-state index contributed by atoms with van der Waals surface area (Å²) in [6.07, 6.45) is 0. The van der Waals surface area contributed by atoms with Crippen molar-refractivity contribution in [3.05, 3.63) is 53.8 Å². The van der Waals surface area contributed by atoms with Gasteiger partial charge in [-0.15, -0.1) is 0 Å². The molecule has 8 nitrogen and oxygen atoms in total. The van der Waals surface area contributed by atoms with Crippen molar-refractivity contribution in [1.82, 2.24) is 10.9 Å². The Labute approximate surface area is 154 Å². The molecule has 0 aliphatic carbocycles. The van der Waals surface area contributed by atoms with Crippen LogP contribution in [-0.4, -0.2) is 26.5 Å². The molecule has 138 valence electrons. The highest BCUT2D eigenvalue weighted by Gasteiger charge is 2.17. The van der Waals surface area contributed by atoms with Crippen LogP contribution in [0.5, 0.6) is 5.75 Å². The first-order chi connectivity index (χ1) is 12.2. The van der Waals surface area contributed by atoms with Gasteiger partial charge in [-0.2, -0.15) is 0 Å². The summed E-state index contributed by atoms with van der Waals surface area (Å²) in [6.45, 7) is 0. The van der Waals surface area contributed by atoms with Crippen LogP contribution in [0.25, 0.3) is 0 Å². The lowest BCUT2D eigenvalue weighted by Crippen LogP contribution is -2.44. The lowest BCUT2D eigenvalue weighted by atomic mass is 10.2. The zero-order chi connectivity index (χ0) is 19.3. The quantitative estimate of drug-likeness (QED) is 0.449. The highest BCUT2D eigenvalue weighted by atomic mass is 32.2. The Morgan fingerprint density at radius 2 is 1.88 bits per heavy atom. The van der Waals surface area contributed by atoms with Crippen molar-refractivity contribution < 1.29 is 22.3 Å². The van der Waals surface area contributed by atoms with E-state index in [1.807, 2.05) is 0 Å². The number of hydrogen-bond acceptors (Lipinski definition) is 5. The summed E-state index contributed by atoms with van der Waals surface area (Å²) in [7, 11) is -2.68. The Kier molecular flexibility index (Phi) is 6.08. The van der Waals surface area contributed by atoms with Gasteiger partial charge in [0.05, 0.1) is 23.3 Å². The average molecular weight is 398 g/mol. The molecule has 0 heterocycles. The number of halogens is 1. The second-order valence-electron chi connectivity index (χ2n) is 4.92. The van der Waals surface area contributed by atoms with Crippen LogP contribution in [0.4, 0.5) is 10.1 Å². The zero-order valence-corrected chi connectivity index (χ0v) is 15.1. The molecule has 0 aliphatic heterocycles. The molecule has 1 amide bonds. The molecule has 26 heavy (non-hydrogen) atoms. The monoisotopic (exact) mass is 398 g/mol. The number of amides is 1. The Morgan fingerprint density at radius 1 is 1.19 bits per heavy atom. The van der Waals surface area contributed by atoms with Gasteiger partial charge in [-0.3, -0.25) is 15.6 Å². The Bertz CT molecular complexity index is 950. The van der Waals surface area contributed by atoms with Crippen LogP contribution in [-0.2, 0) is 10.0 Å². The minimum absolute atomic E-state index is 0.0787. The number of carbonyl (C=O) groups is 1. The van der Waals surface area contributed by atoms with Crippen molar-refractivity contribution in [1.29, 1.82) is 0 Å². The molecule has 0 radical (unpaired) electrons. The van der Waals surface area contributed by atoms with E-state index in [0.29, 0.717) is 0 Å². The number of carbonyl (C=O) groups excluding carboxylic acids is 1. The largest absolute Gasteiger partial charge is 0.496 e. The number of sulfonamides is 1. The molecule has 0 aromatic heterocycles. The third-order valence-electron chi connectivity index (χ3n) is 3.16. The van der Waals surface area contributed by atoms with Crippen LogP contribution in [0.2, 0.25) is 0 Å². The molecule has 0 fully saturated rings. The molecule has 0 aliphatic rings. The Hall–Kier alpha value is -2.76. The number of hydrazine groups is 1. The van der Waals surface area contributed by atoms with E-state index in [1.54, 1.807) is 6.07 Å². The zero-order valence-electron chi connectivity index (χ0n) is 13.4. The first kappa shape index (κ1) is 19.6. The fraction of sp³-hybridized carbons (Fsp3) is 0.0667. The Morgan fingerprint density at radius 3 is 2.50 bits per heavy atom. The van der Waals surface area contributed by atoms with E-state index in [1.165, 1.54) is 37.4 Å². The van der Waals surface area contributed by atoms with E-state index < -0.39 is 21.7 Å². The molecule has 2 aromatic rings. The molecule has 0 unspecified atom stereocenters. The van der Waals surface area contributed by atoms with Gasteiger partial charge in [0.2, 0.25) is 10.0 Å². The van der Waals surface area contributed by atoms with E-state index >= 15 is 0 Å². The lowest BCUT2D eigenvalue weighted by Gasteiger charge is -2.14. The predicted octanol–water partition coefficient (Wildman–Crippen LogP) is 1.11. The lowest BCUT2D eigenvalue weighted by molar-refractivity contribution is 0.0941. The maximum Gasteiger partial charge on any atom is 0.273 e. The normalized spacial score (nSPS) is 10.7. The molecule has 2 aromatic carbocycles. The van der Waals surface area contributed by atoms with Gasteiger partial charge in [-0.05, 0) is 42.5 Å². The van der Waals surface area contributed by atoms with Crippen molar-refractivity contribution in [3.63, 3.8) is 0 Å². The smallest absolute Gasteiger partial charge is 0.273 e. The van der Waals surface area contributed by atoms with Crippen molar-refractivity contribution in [2.75, 3.05) is 12.4 Å². The van der Waals surface area contributed by atoms with Crippen LogP contribution >= 0.6 is 12.2 Å². The maximum absolute atomic E-state index is 13.5. The van der Waals surface area contributed by atoms with Crippen LogP contribution in [0.3, 0.4) is 0 Å². The summed E-state index contributed by atoms with van der Waals surface area (Å²) < 4.78 is 41.4.